The van der Waals surface area contributed by atoms with Crippen molar-refractivity contribution < 1.29 is 14.5 Å². The second-order valence-electron chi connectivity index (χ2n) is 5.02. The Labute approximate surface area is 130 Å². The highest BCUT2D eigenvalue weighted by Gasteiger charge is 2.49. The van der Waals surface area contributed by atoms with Crippen molar-refractivity contribution in [1.82, 2.24) is 5.32 Å². The molecule has 1 atom stereocenters. The number of halogens is 1. The van der Waals surface area contributed by atoms with Gasteiger partial charge < -0.3 is 15.8 Å². The third kappa shape index (κ3) is 3.16. The van der Waals surface area contributed by atoms with Crippen molar-refractivity contribution in [3.05, 3.63) is 32.8 Å². The number of primary amides is 1. The highest BCUT2D eigenvalue weighted by atomic mass is 79.9. The normalized spacial score (nSPS) is 17.0. The first-order valence-electron chi connectivity index (χ1n) is 6.46. The molecule has 0 bridgehead atoms. The van der Waals surface area contributed by atoms with Crippen LogP contribution in [0.3, 0.4) is 0 Å². The van der Waals surface area contributed by atoms with Gasteiger partial charge in [0.15, 0.2) is 0 Å². The Morgan fingerprint density at radius 1 is 1.62 bits per heavy atom. The van der Waals surface area contributed by atoms with Gasteiger partial charge in [0.25, 0.3) is 5.69 Å². The van der Waals surface area contributed by atoms with Crippen LogP contribution in [0.2, 0.25) is 0 Å². The Morgan fingerprint density at radius 3 is 2.76 bits per heavy atom. The maximum absolute atomic E-state index is 11.8. The number of nitro groups is 1. The number of benzene rings is 1. The Kier molecular flexibility index (Phi) is 4.48. The first-order valence-corrected chi connectivity index (χ1v) is 7.25. The largest absolute Gasteiger partial charge is 0.490 e. The lowest BCUT2D eigenvalue weighted by atomic mass is 9.93. The molecular formula is C13H16BrN3O4. The molecule has 114 valence electrons. The fraction of sp³-hybridized carbons (Fsp3) is 0.462. The summed E-state index contributed by atoms with van der Waals surface area (Å²) in [5.74, 6) is -0.0303. The van der Waals surface area contributed by atoms with Crippen molar-refractivity contribution in [2.45, 2.75) is 18.4 Å². The first-order chi connectivity index (χ1) is 9.90. The summed E-state index contributed by atoms with van der Waals surface area (Å²) in [6.45, 7) is 0.0310. The molecule has 0 spiro atoms. The summed E-state index contributed by atoms with van der Waals surface area (Å²) in [6.07, 6.45) is 1.81. The van der Waals surface area contributed by atoms with Crippen molar-refractivity contribution in [2.75, 3.05) is 13.7 Å². The van der Waals surface area contributed by atoms with Crippen LogP contribution in [0, 0.1) is 16.0 Å². The maximum Gasteiger partial charge on any atom is 0.273 e. The van der Waals surface area contributed by atoms with Crippen LogP contribution in [0.15, 0.2) is 22.7 Å². The Hall–Kier alpha value is -1.67. The van der Waals surface area contributed by atoms with E-state index in [2.05, 4.69) is 21.2 Å². The molecule has 1 aliphatic rings. The minimum Gasteiger partial charge on any atom is -0.490 e. The van der Waals surface area contributed by atoms with Gasteiger partial charge in [-0.25, -0.2) is 0 Å². The summed E-state index contributed by atoms with van der Waals surface area (Å²) in [7, 11) is 1.66. The average molecular weight is 358 g/mol. The molecule has 8 heteroatoms. The number of rotatable bonds is 7. The summed E-state index contributed by atoms with van der Waals surface area (Å²) in [6, 6.07) is 4.23. The second-order valence-corrected chi connectivity index (χ2v) is 5.87. The molecule has 1 aromatic rings. The molecule has 1 aromatic carbocycles. The molecule has 0 aromatic heterocycles. The molecular weight excluding hydrogens is 342 g/mol. The van der Waals surface area contributed by atoms with Gasteiger partial charge in [0.05, 0.1) is 15.5 Å². The highest BCUT2D eigenvalue weighted by Crippen LogP contribution is 2.40. The van der Waals surface area contributed by atoms with Gasteiger partial charge in [0.1, 0.15) is 17.9 Å². The van der Waals surface area contributed by atoms with E-state index in [0.29, 0.717) is 10.2 Å². The fourth-order valence-corrected chi connectivity index (χ4v) is 2.63. The molecule has 1 saturated carbocycles. The summed E-state index contributed by atoms with van der Waals surface area (Å²) >= 11 is 3.27. The van der Waals surface area contributed by atoms with Crippen LogP contribution in [-0.4, -0.2) is 30.0 Å². The van der Waals surface area contributed by atoms with Gasteiger partial charge >= 0.3 is 0 Å². The summed E-state index contributed by atoms with van der Waals surface area (Å²) in [4.78, 5) is 22.1. The molecule has 3 N–H and O–H groups in total. The quantitative estimate of drug-likeness (QED) is 0.569. The van der Waals surface area contributed by atoms with Crippen molar-refractivity contribution >= 4 is 27.5 Å². The number of non-ortho nitro benzene ring substituents is 1. The number of likely N-dealkylation sites (N-methyl/N-ethyl adjacent to an activating group) is 1. The van der Waals surface area contributed by atoms with E-state index in [0.717, 1.165) is 12.8 Å². The van der Waals surface area contributed by atoms with Crippen LogP contribution in [0.25, 0.3) is 0 Å². The molecule has 1 fully saturated rings. The third-order valence-corrected chi connectivity index (χ3v) is 4.40. The van der Waals surface area contributed by atoms with E-state index in [1.165, 1.54) is 18.2 Å². The summed E-state index contributed by atoms with van der Waals surface area (Å²) in [5.41, 5.74) is 4.49. The molecule has 1 aliphatic carbocycles. The van der Waals surface area contributed by atoms with E-state index in [4.69, 9.17) is 10.5 Å². The SMILES string of the molecule is CNC(COc1cc([N+](=O)[O-])ccc1Br)(C(N)=O)C1CC1. The average Bonchev–Trinajstić information content (AvgIpc) is 3.26. The van der Waals surface area contributed by atoms with Crippen molar-refractivity contribution in [1.29, 1.82) is 0 Å². The van der Waals surface area contributed by atoms with E-state index < -0.39 is 16.4 Å². The topological polar surface area (TPSA) is 107 Å². The van der Waals surface area contributed by atoms with Gasteiger partial charge in [0.2, 0.25) is 5.91 Å². The monoisotopic (exact) mass is 357 g/mol. The Balaban J connectivity index is 2.19. The van der Waals surface area contributed by atoms with E-state index in [1.54, 1.807) is 7.05 Å². The van der Waals surface area contributed by atoms with E-state index in [-0.39, 0.29) is 18.2 Å². The van der Waals surface area contributed by atoms with Crippen LogP contribution >= 0.6 is 15.9 Å². The second kappa shape index (κ2) is 5.98. The predicted octanol–water partition coefficient (Wildman–Crippen LogP) is 1.59. The lowest BCUT2D eigenvalue weighted by molar-refractivity contribution is -0.385. The van der Waals surface area contributed by atoms with Crippen molar-refractivity contribution in [3.8, 4) is 5.75 Å². The number of hydrogen-bond acceptors (Lipinski definition) is 5. The molecule has 1 amide bonds. The molecule has 7 nitrogen and oxygen atoms in total. The van der Waals surface area contributed by atoms with Crippen LogP contribution < -0.4 is 15.8 Å². The molecule has 0 heterocycles. The van der Waals surface area contributed by atoms with Crippen LogP contribution in [0.1, 0.15) is 12.8 Å². The van der Waals surface area contributed by atoms with Crippen LogP contribution in [-0.2, 0) is 4.79 Å². The summed E-state index contributed by atoms with van der Waals surface area (Å²) < 4.78 is 6.21. The lowest BCUT2D eigenvalue weighted by Crippen LogP contribution is -2.59. The molecule has 0 saturated heterocycles. The maximum atomic E-state index is 11.8. The smallest absolute Gasteiger partial charge is 0.273 e. The van der Waals surface area contributed by atoms with Gasteiger partial charge in [-0.2, -0.15) is 0 Å². The fourth-order valence-electron chi connectivity index (χ4n) is 2.27. The number of nitrogens with one attached hydrogen (secondary N) is 1. The first kappa shape index (κ1) is 15.7. The summed E-state index contributed by atoms with van der Waals surface area (Å²) in [5, 5.41) is 13.8. The number of nitrogens with zero attached hydrogens (tertiary/aromatic N) is 1. The van der Waals surface area contributed by atoms with E-state index in [9.17, 15) is 14.9 Å². The number of carbonyl (C=O) groups excluding carboxylic acids is 1. The zero-order chi connectivity index (χ0) is 15.6. The number of amides is 1. The number of ether oxygens (including phenoxy) is 1. The standard InChI is InChI=1S/C13H16BrN3O4/c1-16-13(12(15)18,8-2-3-8)7-21-11-6-9(17(19)20)4-5-10(11)14/h4-6,8,16H,2-3,7H2,1H3,(H2,15,18). The Morgan fingerprint density at radius 2 is 2.29 bits per heavy atom. The van der Waals surface area contributed by atoms with Gasteiger partial charge in [-0.05, 0) is 47.8 Å². The number of nitro benzene ring substituents is 1. The molecule has 0 radical (unpaired) electrons. The minimum atomic E-state index is -0.940. The third-order valence-electron chi connectivity index (χ3n) is 3.74. The Bertz CT molecular complexity index is 577. The zero-order valence-corrected chi connectivity index (χ0v) is 13.1. The predicted molar refractivity (Wildman–Crippen MR) is 80.0 cm³/mol. The zero-order valence-electron chi connectivity index (χ0n) is 11.5. The van der Waals surface area contributed by atoms with Gasteiger partial charge in [0, 0.05) is 6.07 Å². The lowest BCUT2D eigenvalue weighted by Gasteiger charge is -2.30. The van der Waals surface area contributed by atoms with Gasteiger partial charge in [-0.3, -0.25) is 14.9 Å². The van der Waals surface area contributed by atoms with Crippen LogP contribution in [0.4, 0.5) is 5.69 Å². The highest BCUT2D eigenvalue weighted by molar-refractivity contribution is 9.10. The van der Waals surface area contributed by atoms with Crippen LogP contribution in [0.5, 0.6) is 5.75 Å². The van der Waals surface area contributed by atoms with E-state index in [1.807, 2.05) is 0 Å². The number of hydrogen-bond donors (Lipinski definition) is 2. The number of nitrogens with two attached hydrogens (primary N) is 1. The van der Waals surface area contributed by atoms with Gasteiger partial charge in [-0.15, -0.1) is 0 Å². The molecule has 2 rings (SSSR count). The van der Waals surface area contributed by atoms with Crippen molar-refractivity contribution in [3.63, 3.8) is 0 Å². The molecule has 0 aliphatic heterocycles. The molecule has 21 heavy (non-hydrogen) atoms. The van der Waals surface area contributed by atoms with Crippen molar-refractivity contribution in [2.24, 2.45) is 11.7 Å². The molecule has 1 unspecified atom stereocenters. The van der Waals surface area contributed by atoms with E-state index >= 15 is 0 Å². The van der Waals surface area contributed by atoms with Gasteiger partial charge in [-0.1, -0.05) is 0 Å². The number of carbonyl (C=O) groups is 1. The minimum absolute atomic E-state index is 0.0310.